The van der Waals surface area contributed by atoms with E-state index in [9.17, 15) is 0 Å². The monoisotopic (exact) mass is 230 g/mol. The number of nitrogens with zero attached hydrogens (tertiary/aromatic N) is 1. The third kappa shape index (κ3) is 2.38. The Bertz CT molecular complexity index is 348. The first-order valence-corrected chi connectivity index (χ1v) is 6.87. The van der Waals surface area contributed by atoms with Gasteiger partial charge in [-0.05, 0) is 37.2 Å². The molecule has 0 unspecified atom stereocenters. The van der Waals surface area contributed by atoms with Crippen molar-refractivity contribution in [2.24, 2.45) is 5.73 Å². The fourth-order valence-corrected chi connectivity index (χ4v) is 3.35. The lowest BCUT2D eigenvalue weighted by Crippen LogP contribution is -2.59. The van der Waals surface area contributed by atoms with Crippen LogP contribution in [0.2, 0.25) is 0 Å². The number of rotatable bonds is 2. The van der Waals surface area contributed by atoms with Gasteiger partial charge in [0.25, 0.3) is 0 Å². The van der Waals surface area contributed by atoms with Crippen LogP contribution in [-0.2, 0) is 0 Å². The summed E-state index contributed by atoms with van der Waals surface area (Å²) in [4.78, 5) is 2.58. The van der Waals surface area contributed by atoms with Crippen molar-refractivity contribution in [2.45, 2.75) is 43.7 Å². The number of hydrogen-bond donors (Lipinski definition) is 1. The van der Waals surface area contributed by atoms with Crippen LogP contribution in [0, 0.1) is 0 Å². The Balaban J connectivity index is 1.54. The first kappa shape index (κ1) is 11.2. The minimum Gasteiger partial charge on any atom is -0.325 e. The molecule has 92 valence electrons. The van der Waals surface area contributed by atoms with E-state index in [1.54, 1.807) is 0 Å². The van der Waals surface area contributed by atoms with Gasteiger partial charge in [0, 0.05) is 25.2 Å². The van der Waals surface area contributed by atoms with E-state index in [0.29, 0.717) is 6.04 Å². The van der Waals surface area contributed by atoms with Crippen LogP contribution in [-0.4, -0.2) is 30.1 Å². The zero-order valence-electron chi connectivity index (χ0n) is 10.4. The second-order valence-electron chi connectivity index (χ2n) is 5.63. The van der Waals surface area contributed by atoms with Gasteiger partial charge in [-0.1, -0.05) is 30.3 Å². The van der Waals surface area contributed by atoms with E-state index < -0.39 is 0 Å². The largest absolute Gasteiger partial charge is 0.325 e. The summed E-state index contributed by atoms with van der Waals surface area (Å²) in [6.07, 6.45) is 5.40. The standard InChI is InChI=1S/C15H22N2/c16-14-10-17(11-14)15-8-6-13(7-9-15)12-4-2-1-3-5-12/h1-5,13-15H,6-11,16H2. The molecule has 17 heavy (non-hydrogen) atoms. The van der Waals surface area contributed by atoms with Crippen LogP contribution in [0.3, 0.4) is 0 Å². The van der Waals surface area contributed by atoms with Gasteiger partial charge in [0.1, 0.15) is 0 Å². The summed E-state index contributed by atoms with van der Waals surface area (Å²) in [5.74, 6) is 0.794. The van der Waals surface area contributed by atoms with E-state index in [0.717, 1.165) is 25.0 Å². The molecule has 2 heteroatoms. The Morgan fingerprint density at radius 3 is 2.18 bits per heavy atom. The van der Waals surface area contributed by atoms with E-state index in [1.165, 1.54) is 31.2 Å². The van der Waals surface area contributed by atoms with Crippen molar-refractivity contribution in [1.82, 2.24) is 4.90 Å². The van der Waals surface area contributed by atoms with Crippen LogP contribution in [0.15, 0.2) is 30.3 Å². The molecule has 2 aliphatic rings. The van der Waals surface area contributed by atoms with Gasteiger partial charge >= 0.3 is 0 Å². The Hall–Kier alpha value is -0.860. The van der Waals surface area contributed by atoms with Crippen LogP contribution in [0.4, 0.5) is 0 Å². The van der Waals surface area contributed by atoms with E-state index in [1.807, 2.05) is 0 Å². The Labute approximate surface area is 104 Å². The zero-order valence-corrected chi connectivity index (χ0v) is 10.4. The molecule has 1 aliphatic heterocycles. The lowest BCUT2D eigenvalue weighted by Gasteiger charge is -2.45. The molecular weight excluding hydrogens is 208 g/mol. The maximum atomic E-state index is 5.85. The van der Waals surface area contributed by atoms with Gasteiger partial charge in [-0.3, -0.25) is 4.90 Å². The summed E-state index contributed by atoms with van der Waals surface area (Å²) in [5.41, 5.74) is 7.39. The summed E-state index contributed by atoms with van der Waals surface area (Å²) >= 11 is 0. The van der Waals surface area contributed by atoms with Crippen molar-refractivity contribution in [3.05, 3.63) is 35.9 Å². The quantitative estimate of drug-likeness (QED) is 0.845. The fourth-order valence-electron chi connectivity index (χ4n) is 3.35. The zero-order chi connectivity index (χ0) is 11.7. The highest BCUT2D eigenvalue weighted by Crippen LogP contribution is 2.35. The van der Waals surface area contributed by atoms with Crippen molar-refractivity contribution in [2.75, 3.05) is 13.1 Å². The molecule has 1 heterocycles. The van der Waals surface area contributed by atoms with Crippen LogP contribution in [0.5, 0.6) is 0 Å². The molecule has 0 radical (unpaired) electrons. The van der Waals surface area contributed by atoms with Crippen LogP contribution in [0.1, 0.15) is 37.2 Å². The average molecular weight is 230 g/mol. The van der Waals surface area contributed by atoms with Crippen molar-refractivity contribution in [3.63, 3.8) is 0 Å². The van der Waals surface area contributed by atoms with E-state index in [-0.39, 0.29) is 0 Å². The first-order valence-electron chi connectivity index (χ1n) is 6.87. The minimum atomic E-state index is 0.446. The molecule has 0 amide bonds. The molecule has 2 fully saturated rings. The van der Waals surface area contributed by atoms with E-state index >= 15 is 0 Å². The first-order chi connectivity index (χ1) is 8.33. The summed E-state index contributed by atoms with van der Waals surface area (Å²) in [6.45, 7) is 2.25. The highest BCUT2D eigenvalue weighted by atomic mass is 15.2. The Kier molecular flexibility index (Phi) is 3.17. The summed E-state index contributed by atoms with van der Waals surface area (Å²) < 4.78 is 0. The van der Waals surface area contributed by atoms with Crippen molar-refractivity contribution < 1.29 is 0 Å². The topological polar surface area (TPSA) is 29.3 Å². The average Bonchev–Trinajstić information content (AvgIpc) is 2.36. The predicted octanol–water partition coefficient (Wildman–Crippen LogP) is 2.36. The molecule has 1 aromatic rings. The SMILES string of the molecule is NC1CN(C2CCC(c3ccccc3)CC2)C1. The molecule has 0 bridgehead atoms. The van der Waals surface area contributed by atoms with Gasteiger partial charge in [-0.25, -0.2) is 0 Å². The number of benzene rings is 1. The number of nitrogens with two attached hydrogens (primary N) is 1. The smallest absolute Gasteiger partial charge is 0.0297 e. The lowest BCUT2D eigenvalue weighted by atomic mass is 9.80. The van der Waals surface area contributed by atoms with Crippen LogP contribution in [0.25, 0.3) is 0 Å². The molecule has 1 saturated carbocycles. The van der Waals surface area contributed by atoms with Gasteiger partial charge in [0.05, 0.1) is 0 Å². The Morgan fingerprint density at radius 1 is 0.941 bits per heavy atom. The van der Waals surface area contributed by atoms with Gasteiger partial charge in [-0.15, -0.1) is 0 Å². The molecule has 0 spiro atoms. The highest BCUT2D eigenvalue weighted by Gasteiger charge is 2.32. The molecule has 2 N–H and O–H groups in total. The highest BCUT2D eigenvalue weighted by molar-refractivity contribution is 5.20. The fraction of sp³-hybridized carbons (Fsp3) is 0.600. The van der Waals surface area contributed by atoms with Crippen molar-refractivity contribution in [1.29, 1.82) is 0 Å². The summed E-state index contributed by atoms with van der Waals surface area (Å²) in [7, 11) is 0. The maximum Gasteiger partial charge on any atom is 0.0297 e. The van der Waals surface area contributed by atoms with Gasteiger partial charge in [0.15, 0.2) is 0 Å². The third-order valence-electron chi connectivity index (χ3n) is 4.42. The molecule has 1 saturated heterocycles. The number of hydrogen-bond acceptors (Lipinski definition) is 2. The van der Waals surface area contributed by atoms with Crippen LogP contribution >= 0.6 is 0 Å². The normalized spacial score (nSPS) is 31.1. The van der Waals surface area contributed by atoms with Gasteiger partial charge in [-0.2, -0.15) is 0 Å². The second kappa shape index (κ2) is 4.79. The van der Waals surface area contributed by atoms with E-state index in [2.05, 4.69) is 35.2 Å². The summed E-state index contributed by atoms with van der Waals surface area (Å²) in [5, 5.41) is 0. The third-order valence-corrected chi connectivity index (χ3v) is 4.42. The second-order valence-corrected chi connectivity index (χ2v) is 5.63. The number of likely N-dealkylation sites (tertiary alicyclic amines) is 1. The molecular formula is C15H22N2. The molecule has 0 aromatic heterocycles. The molecule has 2 nitrogen and oxygen atoms in total. The van der Waals surface area contributed by atoms with Crippen LogP contribution < -0.4 is 5.73 Å². The maximum absolute atomic E-state index is 5.85. The Morgan fingerprint density at radius 2 is 1.59 bits per heavy atom. The van der Waals surface area contributed by atoms with Gasteiger partial charge in [0.2, 0.25) is 0 Å². The molecule has 1 aromatic carbocycles. The van der Waals surface area contributed by atoms with Crippen molar-refractivity contribution in [3.8, 4) is 0 Å². The molecule has 1 aliphatic carbocycles. The summed E-state index contributed by atoms with van der Waals surface area (Å²) in [6, 6.07) is 12.3. The predicted molar refractivity (Wildman–Crippen MR) is 71.0 cm³/mol. The molecule has 0 atom stereocenters. The minimum absolute atomic E-state index is 0.446. The van der Waals surface area contributed by atoms with E-state index in [4.69, 9.17) is 5.73 Å². The van der Waals surface area contributed by atoms with Crippen molar-refractivity contribution >= 4 is 0 Å². The molecule has 3 rings (SSSR count). The lowest BCUT2D eigenvalue weighted by molar-refractivity contribution is 0.0679. The van der Waals surface area contributed by atoms with Gasteiger partial charge < -0.3 is 5.73 Å².